The molecular formula is C8H4F2N2O3S. The largest absolute Gasteiger partial charge is 0.477 e. The van der Waals surface area contributed by atoms with Crippen LogP contribution in [0.25, 0.3) is 10.7 Å². The van der Waals surface area contributed by atoms with Crippen LogP contribution < -0.4 is 0 Å². The van der Waals surface area contributed by atoms with Gasteiger partial charge in [0.1, 0.15) is 10.6 Å². The summed E-state index contributed by atoms with van der Waals surface area (Å²) in [6.07, 6.45) is -1.60. The molecule has 84 valence electrons. The van der Waals surface area contributed by atoms with Crippen molar-refractivity contribution in [2.75, 3.05) is 0 Å². The van der Waals surface area contributed by atoms with E-state index < -0.39 is 23.7 Å². The first-order valence-corrected chi connectivity index (χ1v) is 4.90. The fourth-order valence-electron chi connectivity index (χ4n) is 1.14. The second-order valence-electron chi connectivity index (χ2n) is 2.71. The van der Waals surface area contributed by atoms with Crippen LogP contribution in [0.5, 0.6) is 0 Å². The average Bonchev–Trinajstić information content (AvgIpc) is 2.85. The molecule has 0 saturated carbocycles. The Morgan fingerprint density at radius 2 is 2.31 bits per heavy atom. The molecule has 16 heavy (non-hydrogen) atoms. The topological polar surface area (TPSA) is 76.2 Å². The zero-order chi connectivity index (χ0) is 11.7. The molecule has 0 spiro atoms. The molecule has 0 aromatic carbocycles. The van der Waals surface area contributed by atoms with E-state index in [1.807, 2.05) is 0 Å². The zero-order valence-electron chi connectivity index (χ0n) is 7.55. The van der Waals surface area contributed by atoms with E-state index in [9.17, 15) is 13.6 Å². The summed E-state index contributed by atoms with van der Waals surface area (Å²) in [6.45, 7) is 0. The van der Waals surface area contributed by atoms with E-state index in [-0.39, 0.29) is 10.7 Å². The highest BCUT2D eigenvalue weighted by Gasteiger charge is 2.30. The lowest BCUT2D eigenvalue weighted by Gasteiger charge is -1.95. The molecule has 2 heterocycles. The van der Waals surface area contributed by atoms with Gasteiger partial charge in [-0.2, -0.15) is 0 Å². The lowest BCUT2D eigenvalue weighted by Crippen LogP contribution is -2.01. The summed E-state index contributed by atoms with van der Waals surface area (Å²) in [5.74, 6) is -2.46. The number of hydrogen-bond acceptors (Lipinski definition) is 5. The fourth-order valence-corrected chi connectivity index (χ4v) is 1.77. The molecule has 0 amide bonds. The van der Waals surface area contributed by atoms with Crippen LogP contribution in [0.4, 0.5) is 8.78 Å². The van der Waals surface area contributed by atoms with Gasteiger partial charge in [-0.1, -0.05) is 5.16 Å². The number of alkyl halides is 2. The first kappa shape index (κ1) is 10.7. The van der Waals surface area contributed by atoms with Crippen molar-refractivity contribution in [3.05, 3.63) is 22.9 Å². The van der Waals surface area contributed by atoms with Gasteiger partial charge in [-0.15, -0.1) is 11.3 Å². The standard InChI is InChI=1S/C8H4F2N2O3S/c9-6(10)5-3(8(13)14)4(12-15-5)7-11-1-2-16-7/h1-2,6H,(H,13,14). The monoisotopic (exact) mass is 246 g/mol. The van der Waals surface area contributed by atoms with Crippen LogP contribution in [0, 0.1) is 0 Å². The average molecular weight is 246 g/mol. The number of carbonyl (C=O) groups is 1. The molecule has 0 aliphatic carbocycles. The predicted molar refractivity (Wildman–Crippen MR) is 49.5 cm³/mol. The lowest BCUT2D eigenvalue weighted by atomic mass is 10.2. The Kier molecular flexibility index (Phi) is 2.65. The fraction of sp³-hybridized carbons (Fsp3) is 0.125. The van der Waals surface area contributed by atoms with E-state index in [4.69, 9.17) is 5.11 Å². The zero-order valence-corrected chi connectivity index (χ0v) is 8.37. The maximum absolute atomic E-state index is 12.4. The van der Waals surface area contributed by atoms with E-state index in [0.717, 1.165) is 11.3 Å². The Labute approximate surface area is 91.3 Å². The van der Waals surface area contributed by atoms with Crippen molar-refractivity contribution in [3.63, 3.8) is 0 Å². The van der Waals surface area contributed by atoms with Gasteiger partial charge >= 0.3 is 5.97 Å². The van der Waals surface area contributed by atoms with E-state index in [1.165, 1.54) is 6.20 Å². The third-order valence-corrected chi connectivity index (χ3v) is 2.55. The highest BCUT2D eigenvalue weighted by Crippen LogP contribution is 2.32. The van der Waals surface area contributed by atoms with Gasteiger partial charge in [0.05, 0.1) is 0 Å². The normalized spacial score (nSPS) is 10.9. The van der Waals surface area contributed by atoms with Gasteiger partial charge in [-0.3, -0.25) is 0 Å². The highest BCUT2D eigenvalue weighted by atomic mass is 32.1. The predicted octanol–water partition coefficient (Wildman–Crippen LogP) is 2.43. The molecule has 0 fully saturated rings. The van der Waals surface area contributed by atoms with Gasteiger partial charge in [0.15, 0.2) is 5.69 Å². The summed E-state index contributed by atoms with van der Waals surface area (Å²) < 4.78 is 29.2. The number of halogens is 2. The van der Waals surface area contributed by atoms with Crippen LogP contribution in [0.3, 0.4) is 0 Å². The Hall–Kier alpha value is -1.83. The van der Waals surface area contributed by atoms with Crippen molar-refractivity contribution >= 4 is 17.3 Å². The summed E-state index contributed by atoms with van der Waals surface area (Å²) in [4.78, 5) is 14.6. The number of rotatable bonds is 3. The first-order chi connectivity index (χ1) is 7.61. The molecule has 2 aromatic heterocycles. The van der Waals surface area contributed by atoms with Gasteiger partial charge in [0.25, 0.3) is 6.43 Å². The van der Waals surface area contributed by atoms with Crippen molar-refractivity contribution in [1.82, 2.24) is 10.1 Å². The molecule has 0 aliphatic heterocycles. The minimum absolute atomic E-state index is 0.169. The Morgan fingerprint density at radius 3 is 2.81 bits per heavy atom. The molecule has 5 nitrogen and oxygen atoms in total. The smallest absolute Gasteiger partial charge is 0.341 e. The third kappa shape index (κ3) is 1.67. The first-order valence-electron chi connectivity index (χ1n) is 4.02. The van der Waals surface area contributed by atoms with Crippen LogP contribution in [0.15, 0.2) is 16.1 Å². The summed E-state index contributed by atoms with van der Waals surface area (Å²) in [5.41, 5.74) is -0.803. The number of aromatic carboxylic acids is 1. The van der Waals surface area contributed by atoms with Crippen LogP contribution >= 0.6 is 11.3 Å². The lowest BCUT2D eigenvalue weighted by molar-refractivity contribution is 0.0670. The summed E-state index contributed by atoms with van der Waals surface area (Å²) in [7, 11) is 0. The molecule has 0 atom stereocenters. The van der Waals surface area contributed by atoms with E-state index in [2.05, 4.69) is 14.7 Å². The summed E-state index contributed by atoms with van der Waals surface area (Å²) in [5, 5.41) is 14.0. The van der Waals surface area contributed by atoms with Crippen molar-refractivity contribution in [2.24, 2.45) is 0 Å². The summed E-state index contributed by atoms with van der Waals surface area (Å²) >= 11 is 1.09. The van der Waals surface area contributed by atoms with E-state index in [0.29, 0.717) is 0 Å². The molecule has 0 unspecified atom stereocenters. The number of hydrogen-bond donors (Lipinski definition) is 1. The number of nitrogens with zero attached hydrogens (tertiary/aromatic N) is 2. The summed E-state index contributed by atoms with van der Waals surface area (Å²) in [6, 6.07) is 0. The van der Waals surface area contributed by atoms with Crippen molar-refractivity contribution < 1.29 is 23.2 Å². The van der Waals surface area contributed by atoms with Gasteiger partial charge in [0, 0.05) is 11.6 Å². The maximum Gasteiger partial charge on any atom is 0.341 e. The molecule has 2 rings (SSSR count). The SMILES string of the molecule is O=C(O)c1c(-c2nccs2)noc1C(F)F. The molecule has 1 N–H and O–H groups in total. The van der Waals surface area contributed by atoms with Crippen LogP contribution in [0.2, 0.25) is 0 Å². The van der Waals surface area contributed by atoms with Gasteiger partial charge in [-0.25, -0.2) is 18.6 Å². The highest BCUT2D eigenvalue weighted by molar-refractivity contribution is 7.13. The van der Waals surface area contributed by atoms with Crippen molar-refractivity contribution in [3.8, 4) is 10.7 Å². The Morgan fingerprint density at radius 1 is 1.56 bits per heavy atom. The second kappa shape index (κ2) is 3.97. The number of aromatic nitrogens is 2. The molecule has 0 aliphatic rings. The number of thiazole rings is 1. The van der Waals surface area contributed by atoms with Crippen LogP contribution in [0.1, 0.15) is 22.5 Å². The number of carboxylic acid groups (broad SMARTS) is 1. The molecule has 2 aromatic rings. The Balaban J connectivity index is 2.59. The second-order valence-corrected chi connectivity index (χ2v) is 3.61. The van der Waals surface area contributed by atoms with Gasteiger partial charge in [-0.05, 0) is 0 Å². The minimum atomic E-state index is -3.02. The van der Waals surface area contributed by atoms with Gasteiger partial charge < -0.3 is 9.63 Å². The molecular weight excluding hydrogens is 242 g/mol. The van der Waals surface area contributed by atoms with Gasteiger partial charge in [0.2, 0.25) is 5.76 Å². The number of carboxylic acids is 1. The minimum Gasteiger partial charge on any atom is -0.477 e. The van der Waals surface area contributed by atoms with E-state index in [1.54, 1.807) is 5.38 Å². The Bertz CT molecular complexity index is 509. The van der Waals surface area contributed by atoms with Crippen LogP contribution in [-0.2, 0) is 0 Å². The van der Waals surface area contributed by atoms with Crippen molar-refractivity contribution in [2.45, 2.75) is 6.43 Å². The quantitative estimate of drug-likeness (QED) is 0.899. The van der Waals surface area contributed by atoms with Crippen LogP contribution in [-0.4, -0.2) is 21.2 Å². The molecule has 0 bridgehead atoms. The van der Waals surface area contributed by atoms with Crippen molar-refractivity contribution in [1.29, 1.82) is 0 Å². The molecule has 8 heteroatoms. The molecule has 0 radical (unpaired) electrons. The molecule has 0 saturated heterocycles. The third-order valence-electron chi connectivity index (χ3n) is 1.77. The van der Waals surface area contributed by atoms with E-state index >= 15 is 0 Å². The maximum atomic E-state index is 12.4.